The Bertz CT molecular complexity index is 1190. The minimum atomic E-state index is -0.331. The SMILES string of the molecule is COC(=O)C12CC[C@@H](C)[C@H](C)C1C1=CC[C@@H]3[C@@]4(C)Cc5c(n[nH]c5SC)C(C)(C)[C@@H]4CC[C@@]3(C)[C@]1(C)CC2. The summed E-state index contributed by atoms with van der Waals surface area (Å²) in [4.78, 5) is 13.5. The molecule has 0 bridgehead atoms. The average molecular weight is 539 g/mol. The van der Waals surface area contributed by atoms with Crippen LogP contribution in [0.3, 0.4) is 0 Å². The molecule has 210 valence electrons. The molecule has 9 atom stereocenters. The molecule has 1 N–H and O–H groups in total. The number of carbonyl (C=O) groups excluding carboxylic acids is 1. The third-order valence-electron chi connectivity index (χ3n) is 13.9. The predicted octanol–water partition coefficient (Wildman–Crippen LogP) is 7.98. The largest absolute Gasteiger partial charge is 0.469 e. The molecule has 0 radical (unpaired) electrons. The Morgan fingerprint density at radius 1 is 1.05 bits per heavy atom. The predicted molar refractivity (Wildman–Crippen MR) is 155 cm³/mol. The van der Waals surface area contributed by atoms with Gasteiger partial charge in [0.2, 0.25) is 0 Å². The molecule has 5 heteroatoms. The van der Waals surface area contributed by atoms with Gasteiger partial charge in [-0.3, -0.25) is 9.89 Å². The number of fused-ring (bicyclic) bond motifs is 8. The van der Waals surface area contributed by atoms with E-state index in [2.05, 4.69) is 65.9 Å². The van der Waals surface area contributed by atoms with Crippen molar-refractivity contribution in [2.24, 2.45) is 51.2 Å². The molecule has 0 aromatic carbocycles. The average Bonchev–Trinajstić information content (AvgIpc) is 3.29. The van der Waals surface area contributed by atoms with Gasteiger partial charge < -0.3 is 4.74 Å². The Hall–Kier alpha value is -1.23. The highest BCUT2D eigenvalue weighted by Gasteiger charge is 2.69. The summed E-state index contributed by atoms with van der Waals surface area (Å²) in [7, 11) is 1.61. The fourth-order valence-corrected chi connectivity index (χ4v) is 12.2. The van der Waals surface area contributed by atoms with Gasteiger partial charge in [-0.2, -0.15) is 5.10 Å². The number of aromatic amines is 1. The van der Waals surface area contributed by atoms with Crippen molar-refractivity contribution in [1.29, 1.82) is 0 Å². The third kappa shape index (κ3) is 3.06. The second-order valence-electron chi connectivity index (χ2n) is 15.3. The Morgan fingerprint density at radius 3 is 2.47 bits per heavy atom. The van der Waals surface area contributed by atoms with E-state index in [1.54, 1.807) is 12.7 Å². The van der Waals surface area contributed by atoms with Crippen LogP contribution in [0.15, 0.2) is 16.7 Å². The van der Waals surface area contributed by atoms with Crippen LogP contribution in [0.5, 0.6) is 0 Å². The molecule has 6 rings (SSSR count). The number of H-pyrrole nitrogens is 1. The van der Waals surface area contributed by atoms with Crippen molar-refractivity contribution in [2.45, 2.75) is 110 Å². The van der Waals surface area contributed by atoms with E-state index >= 15 is 0 Å². The smallest absolute Gasteiger partial charge is 0.312 e. The van der Waals surface area contributed by atoms with E-state index in [0.29, 0.717) is 29.6 Å². The van der Waals surface area contributed by atoms with Crippen molar-refractivity contribution in [3.8, 4) is 0 Å². The molecule has 1 aromatic rings. The number of rotatable bonds is 2. The quantitative estimate of drug-likeness (QED) is 0.236. The molecule has 3 saturated carbocycles. The Labute approximate surface area is 234 Å². The highest BCUT2D eigenvalue weighted by atomic mass is 32.2. The number of methoxy groups -OCH3 is 1. The normalized spacial score (nSPS) is 47.0. The van der Waals surface area contributed by atoms with Crippen LogP contribution >= 0.6 is 11.8 Å². The number of esters is 1. The van der Waals surface area contributed by atoms with E-state index in [4.69, 9.17) is 9.84 Å². The fourth-order valence-electron chi connectivity index (χ4n) is 11.6. The highest BCUT2D eigenvalue weighted by molar-refractivity contribution is 7.98. The number of hydrogen-bond acceptors (Lipinski definition) is 4. The monoisotopic (exact) mass is 538 g/mol. The molecular formula is C33H50N2O2S. The summed E-state index contributed by atoms with van der Waals surface area (Å²) >= 11 is 1.82. The maximum atomic E-state index is 13.5. The van der Waals surface area contributed by atoms with E-state index in [1.165, 1.54) is 29.1 Å². The zero-order chi connectivity index (χ0) is 27.5. The summed E-state index contributed by atoms with van der Waals surface area (Å²) in [5, 5.41) is 9.56. The van der Waals surface area contributed by atoms with Gasteiger partial charge in [0, 0.05) is 11.0 Å². The molecule has 1 aromatic heterocycles. The van der Waals surface area contributed by atoms with Crippen molar-refractivity contribution >= 4 is 17.7 Å². The fraction of sp³-hybridized carbons (Fsp3) is 0.818. The summed E-state index contributed by atoms with van der Waals surface area (Å²) in [5.74, 6) is 2.77. The number of aromatic nitrogens is 2. The molecular weight excluding hydrogens is 488 g/mol. The highest BCUT2D eigenvalue weighted by Crippen LogP contribution is 2.75. The lowest BCUT2D eigenvalue weighted by Crippen LogP contribution is -2.65. The molecule has 1 heterocycles. The van der Waals surface area contributed by atoms with E-state index in [-0.39, 0.29) is 33.0 Å². The number of ether oxygens (including phenoxy) is 1. The second kappa shape index (κ2) is 8.40. The van der Waals surface area contributed by atoms with Gasteiger partial charge in [-0.05, 0) is 103 Å². The van der Waals surface area contributed by atoms with Crippen molar-refractivity contribution in [2.75, 3.05) is 13.4 Å². The van der Waals surface area contributed by atoms with E-state index < -0.39 is 0 Å². The van der Waals surface area contributed by atoms with Crippen LogP contribution in [0.25, 0.3) is 0 Å². The third-order valence-corrected chi connectivity index (χ3v) is 14.7. The Kier molecular flexibility index (Phi) is 5.96. The summed E-state index contributed by atoms with van der Waals surface area (Å²) in [6.45, 7) is 17.7. The first-order valence-corrected chi connectivity index (χ1v) is 16.4. The van der Waals surface area contributed by atoms with Gasteiger partial charge in [-0.15, -0.1) is 11.8 Å². The molecule has 0 saturated heterocycles. The van der Waals surface area contributed by atoms with Crippen LogP contribution in [0.4, 0.5) is 0 Å². The summed E-state index contributed by atoms with van der Waals surface area (Å²) < 4.78 is 5.56. The second-order valence-corrected chi connectivity index (χ2v) is 16.1. The van der Waals surface area contributed by atoms with Gasteiger partial charge in [0.15, 0.2) is 0 Å². The maximum absolute atomic E-state index is 13.5. The van der Waals surface area contributed by atoms with E-state index in [0.717, 1.165) is 38.5 Å². The van der Waals surface area contributed by atoms with Crippen LogP contribution in [-0.2, 0) is 21.4 Å². The topological polar surface area (TPSA) is 55.0 Å². The molecule has 5 aliphatic carbocycles. The summed E-state index contributed by atoms with van der Waals surface area (Å²) in [6, 6.07) is 0. The zero-order valence-electron chi connectivity index (χ0n) is 25.3. The number of thioether (sulfide) groups is 1. The molecule has 3 fully saturated rings. The lowest BCUT2D eigenvalue weighted by molar-refractivity contribution is -0.181. The summed E-state index contributed by atoms with van der Waals surface area (Å²) in [6.07, 6.45) is 13.9. The number of nitrogens with one attached hydrogen (secondary N) is 1. The molecule has 0 aliphatic heterocycles. The van der Waals surface area contributed by atoms with Gasteiger partial charge in [-0.25, -0.2) is 0 Å². The molecule has 0 spiro atoms. The maximum Gasteiger partial charge on any atom is 0.312 e. The van der Waals surface area contributed by atoms with Crippen molar-refractivity contribution in [3.63, 3.8) is 0 Å². The Balaban J connectivity index is 1.48. The first-order chi connectivity index (χ1) is 17.8. The molecule has 38 heavy (non-hydrogen) atoms. The van der Waals surface area contributed by atoms with Gasteiger partial charge in [0.1, 0.15) is 0 Å². The van der Waals surface area contributed by atoms with Crippen LogP contribution in [0.2, 0.25) is 0 Å². The minimum absolute atomic E-state index is 0.0539. The van der Waals surface area contributed by atoms with E-state index in [1.807, 2.05) is 11.8 Å². The molecule has 5 aliphatic rings. The first kappa shape index (κ1) is 27.0. The number of nitrogens with zero attached hydrogens (tertiary/aromatic N) is 1. The van der Waals surface area contributed by atoms with Gasteiger partial charge in [0.25, 0.3) is 0 Å². The van der Waals surface area contributed by atoms with Gasteiger partial charge in [0.05, 0.1) is 23.2 Å². The zero-order valence-corrected chi connectivity index (χ0v) is 26.1. The van der Waals surface area contributed by atoms with Gasteiger partial charge >= 0.3 is 5.97 Å². The minimum Gasteiger partial charge on any atom is -0.469 e. The number of allylic oxidation sites excluding steroid dienone is 2. The Morgan fingerprint density at radius 2 is 1.79 bits per heavy atom. The molecule has 4 nitrogen and oxygen atoms in total. The van der Waals surface area contributed by atoms with Crippen LogP contribution in [0.1, 0.15) is 105 Å². The lowest BCUT2D eigenvalue weighted by atomic mass is 9.33. The van der Waals surface area contributed by atoms with E-state index in [9.17, 15) is 4.79 Å². The molecule has 2 unspecified atom stereocenters. The van der Waals surface area contributed by atoms with Crippen molar-refractivity contribution < 1.29 is 9.53 Å². The standard InChI is InChI=1S/C33H50N2O2S/c1-19-12-15-33(28(36)37-8)17-16-31(6)22(25(33)20(19)2)10-11-24-30(5)18-21-26(34-35-27(21)38-9)29(3,4)23(30)13-14-32(24,31)7/h10,19-20,23-25H,11-18H2,1-9H3,(H,34,35)/t19-,20+,23+,24-,25?,30+,31-,32-,33?/m1/s1. The van der Waals surface area contributed by atoms with Crippen LogP contribution in [-0.4, -0.2) is 29.5 Å². The number of carbonyl (C=O) groups is 1. The molecule has 0 amide bonds. The first-order valence-electron chi connectivity index (χ1n) is 15.2. The summed E-state index contributed by atoms with van der Waals surface area (Å²) in [5.41, 5.74) is 4.73. The number of hydrogen-bond donors (Lipinski definition) is 1. The van der Waals surface area contributed by atoms with Crippen molar-refractivity contribution in [1.82, 2.24) is 10.2 Å². The lowest BCUT2D eigenvalue weighted by Gasteiger charge is -2.70. The van der Waals surface area contributed by atoms with Crippen LogP contribution in [0, 0.1) is 51.2 Å². The van der Waals surface area contributed by atoms with Crippen molar-refractivity contribution in [3.05, 3.63) is 22.9 Å². The van der Waals surface area contributed by atoms with Gasteiger partial charge in [-0.1, -0.05) is 60.1 Å². The van der Waals surface area contributed by atoms with Crippen LogP contribution < -0.4 is 0 Å².